The highest BCUT2D eigenvalue weighted by molar-refractivity contribution is 5.60. The second-order valence-corrected chi connectivity index (χ2v) is 11.3. The minimum absolute atomic E-state index is 0.117. The molecule has 2 aromatic carbocycles. The Morgan fingerprint density at radius 3 is 2.44 bits per heavy atom. The molecule has 3 unspecified atom stereocenters. The summed E-state index contributed by atoms with van der Waals surface area (Å²) >= 11 is 0. The van der Waals surface area contributed by atoms with E-state index in [4.69, 9.17) is 28.5 Å². The molecule has 1 fully saturated rings. The summed E-state index contributed by atoms with van der Waals surface area (Å²) in [5.41, 5.74) is 2.16. The van der Waals surface area contributed by atoms with Crippen molar-refractivity contribution in [3.05, 3.63) is 89.7 Å². The van der Waals surface area contributed by atoms with Gasteiger partial charge in [0.25, 0.3) is 0 Å². The second-order valence-electron chi connectivity index (χ2n) is 11.3. The lowest BCUT2D eigenvalue weighted by atomic mass is 9.85. The van der Waals surface area contributed by atoms with Crippen molar-refractivity contribution >= 4 is 6.16 Å². The first-order valence-corrected chi connectivity index (χ1v) is 14.5. The SMILES string of the molecule is COc1ccccc1COCCCOc1ccc(C2C(O)CN(OC(=O)OC(C)(C)C)CC2OCc2ccncc2)cc1. The van der Waals surface area contributed by atoms with Crippen molar-refractivity contribution in [2.24, 2.45) is 0 Å². The molecule has 1 saturated heterocycles. The average molecular weight is 595 g/mol. The number of pyridine rings is 1. The maximum absolute atomic E-state index is 12.3. The monoisotopic (exact) mass is 594 g/mol. The quantitative estimate of drug-likeness (QED) is 0.207. The van der Waals surface area contributed by atoms with E-state index in [2.05, 4.69) is 4.98 Å². The van der Waals surface area contributed by atoms with E-state index in [1.165, 1.54) is 5.06 Å². The highest BCUT2D eigenvalue weighted by Gasteiger charge is 2.40. The van der Waals surface area contributed by atoms with Crippen LogP contribution in [0, 0.1) is 0 Å². The number of carbonyl (C=O) groups is 1. The van der Waals surface area contributed by atoms with Gasteiger partial charge in [0.2, 0.25) is 0 Å². The van der Waals surface area contributed by atoms with Crippen molar-refractivity contribution in [3.8, 4) is 11.5 Å². The lowest BCUT2D eigenvalue weighted by molar-refractivity contribution is -0.201. The largest absolute Gasteiger partial charge is 0.528 e. The van der Waals surface area contributed by atoms with Crippen molar-refractivity contribution in [2.75, 3.05) is 33.4 Å². The molecular formula is C33H42N2O8. The third-order valence-electron chi connectivity index (χ3n) is 6.81. The number of hydrogen-bond acceptors (Lipinski definition) is 10. The van der Waals surface area contributed by atoms with Crippen LogP contribution in [-0.2, 0) is 32.3 Å². The molecule has 0 saturated carbocycles. The molecule has 0 radical (unpaired) electrons. The fraction of sp³-hybridized carbons (Fsp3) is 0.455. The van der Waals surface area contributed by atoms with Gasteiger partial charge < -0.3 is 33.6 Å². The van der Waals surface area contributed by atoms with Gasteiger partial charge in [0.05, 0.1) is 58.8 Å². The Balaban J connectivity index is 1.32. The van der Waals surface area contributed by atoms with Crippen LogP contribution in [0.2, 0.25) is 0 Å². The van der Waals surface area contributed by atoms with Crippen LogP contribution < -0.4 is 9.47 Å². The minimum Gasteiger partial charge on any atom is -0.496 e. The summed E-state index contributed by atoms with van der Waals surface area (Å²) < 4.78 is 28.6. The zero-order chi connectivity index (χ0) is 30.7. The Morgan fingerprint density at radius 1 is 0.977 bits per heavy atom. The summed E-state index contributed by atoms with van der Waals surface area (Å²) in [6.45, 7) is 7.53. The van der Waals surface area contributed by atoms with Crippen LogP contribution in [0.5, 0.6) is 11.5 Å². The number of ether oxygens (including phenoxy) is 5. The van der Waals surface area contributed by atoms with Crippen molar-refractivity contribution in [2.45, 2.75) is 64.1 Å². The lowest BCUT2D eigenvalue weighted by Crippen LogP contribution is -2.52. The summed E-state index contributed by atoms with van der Waals surface area (Å²) in [5.74, 6) is 1.19. The van der Waals surface area contributed by atoms with Gasteiger partial charge in [-0.3, -0.25) is 4.98 Å². The molecule has 0 bridgehead atoms. The molecule has 0 spiro atoms. The molecule has 4 rings (SSSR count). The van der Waals surface area contributed by atoms with E-state index in [1.54, 1.807) is 40.3 Å². The number of para-hydroxylation sites is 1. The van der Waals surface area contributed by atoms with Gasteiger partial charge >= 0.3 is 6.16 Å². The average Bonchev–Trinajstić information content (AvgIpc) is 2.98. The van der Waals surface area contributed by atoms with Crippen molar-refractivity contribution in [1.29, 1.82) is 0 Å². The van der Waals surface area contributed by atoms with Crippen LogP contribution in [0.3, 0.4) is 0 Å². The molecule has 1 aromatic heterocycles. The smallest absolute Gasteiger partial charge is 0.496 e. The number of nitrogens with zero attached hydrogens (tertiary/aromatic N) is 2. The van der Waals surface area contributed by atoms with Crippen LogP contribution in [0.25, 0.3) is 0 Å². The van der Waals surface area contributed by atoms with Crippen LogP contribution in [0.4, 0.5) is 4.79 Å². The van der Waals surface area contributed by atoms with Crippen molar-refractivity contribution < 1.29 is 38.4 Å². The molecule has 10 heteroatoms. The standard InChI is InChI=1S/C33H42N2O8/c1-33(2,3)42-32(37)43-35-20-28(36)31(30(21-35)41-22-24-14-16-34-17-15-24)25-10-12-27(13-11-25)40-19-7-18-39-23-26-8-5-6-9-29(26)38-4/h5-6,8-17,28,30-31,36H,7,18-23H2,1-4H3. The van der Waals surface area contributed by atoms with Gasteiger partial charge in [-0.05, 0) is 62.2 Å². The highest BCUT2D eigenvalue weighted by Crippen LogP contribution is 2.33. The van der Waals surface area contributed by atoms with Gasteiger partial charge in [0.15, 0.2) is 0 Å². The van der Waals surface area contributed by atoms with Crippen LogP contribution in [0.1, 0.15) is 49.8 Å². The summed E-state index contributed by atoms with van der Waals surface area (Å²) in [5, 5.41) is 12.6. The Bertz CT molecular complexity index is 1270. The van der Waals surface area contributed by atoms with Crippen molar-refractivity contribution in [3.63, 3.8) is 0 Å². The predicted octanol–water partition coefficient (Wildman–Crippen LogP) is 5.29. The topological polar surface area (TPSA) is 109 Å². The molecule has 1 N–H and O–H groups in total. The normalized spacial score (nSPS) is 19.0. The van der Waals surface area contributed by atoms with Gasteiger partial charge in [0.1, 0.15) is 17.1 Å². The zero-order valence-electron chi connectivity index (χ0n) is 25.3. The number of rotatable bonds is 13. The summed E-state index contributed by atoms with van der Waals surface area (Å²) in [4.78, 5) is 21.8. The van der Waals surface area contributed by atoms with Crippen LogP contribution in [-0.4, -0.2) is 72.5 Å². The Kier molecular flexibility index (Phi) is 11.7. The number of piperidine rings is 1. The second kappa shape index (κ2) is 15.7. The summed E-state index contributed by atoms with van der Waals surface area (Å²) in [7, 11) is 1.65. The predicted molar refractivity (Wildman–Crippen MR) is 160 cm³/mol. The first-order chi connectivity index (χ1) is 20.7. The molecule has 10 nitrogen and oxygen atoms in total. The van der Waals surface area contributed by atoms with Crippen LogP contribution in [0.15, 0.2) is 73.1 Å². The summed E-state index contributed by atoms with van der Waals surface area (Å²) in [6, 6.07) is 19.2. The maximum Gasteiger partial charge on any atom is 0.528 e. The molecular weight excluding hydrogens is 552 g/mol. The Morgan fingerprint density at radius 2 is 1.72 bits per heavy atom. The van der Waals surface area contributed by atoms with Gasteiger partial charge in [0, 0.05) is 30.3 Å². The fourth-order valence-electron chi connectivity index (χ4n) is 4.82. The van der Waals surface area contributed by atoms with Gasteiger partial charge in [-0.1, -0.05) is 30.3 Å². The van der Waals surface area contributed by atoms with Gasteiger partial charge in [-0.2, -0.15) is 0 Å². The van der Waals surface area contributed by atoms with E-state index >= 15 is 0 Å². The Labute approximate surface area is 253 Å². The molecule has 3 aromatic rings. The number of aromatic nitrogens is 1. The number of hydroxylamine groups is 2. The zero-order valence-corrected chi connectivity index (χ0v) is 25.3. The molecule has 1 aliphatic heterocycles. The van der Waals surface area contributed by atoms with Crippen molar-refractivity contribution in [1.82, 2.24) is 10.0 Å². The number of benzene rings is 2. The van der Waals surface area contributed by atoms with E-state index in [9.17, 15) is 9.90 Å². The Hall–Kier alpha value is -3.70. The lowest BCUT2D eigenvalue weighted by Gasteiger charge is -2.40. The van der Waals surface area contributed by atoms with Crippen LogP contribution >= 0.6 is 0 Å². The number of methoxy groups -OCH3 is 1. The summed E-state index contributed by atoms with van der Waals surface area (Å²) in [6.07, 6.45) is 2.00. The molecule has 3 atom stereocenters. The molecule has 43 heavy (non-hydrogen) atoms. The van der Waals surface area contributed by atoms with E-state index in [-0.39, 0.29) is 19.0 Å². The van der Waals surface area contributed by atoms with E-state index < -0.39 is 24.0 Å². The third kappa shape index (κ3) is 10.2. The number of aliphatic hydroxyl groups excluding tert-OH is 1. The number of carbonyl (C=O) groups excluding carboxylic acids is 1. The molecule has 1 aliphatic rings. The number of aliphatic hydroxyl groups is 1. The van der Waals surface area contributed by atoms with E-state index in [0.29, 0.717) is 26.4 Å². The van der Waals surface area contributed by atoms with E-state index in [1.807, 2.05) is 60.7 Å². The fourth-order valence-corrected chi connectivity index (χ4v) is 4.82. The molecule has 232 valence electrons. The van der Waals surface area contributed by atoms with E-state index in [0.717, 1.165) is 34.6 Å². The molecule has 0 amide bonds. The minimum atomic E-state index is -0.856. The van der Waals surface area contributed by atoms with Gasteiger partial charge in [-0.15, -0.1) is 5.06 Å². The third-order valence-corrected chi connectivity index (χ3v) is 6.81. The molecule has 0 aliphatic carbocycles. The highest BCUT2D eigenvalue weighted by atomic mass is 16.8. The molecule has 2 heterocycles. The maximum atomic E-state index is 12.3. The number of hydrogen-bond donors (Lipinski definition) is 1. The first kappa shape index (κ1) is 32.2. The first-order valence-electron chi connectivity index (χ1n) is 14.5. The van der Waals surface area contributed by atoms with Gasteiger partial charge in [-0.25, -0.2) is 4.79 Å². The number of β-amino-alcohol motifs (C(OH)–C–C–N with tert-alkyl or cyclic N) is 1.